The zero-order valence-electron chi connectivity index (χ0n) is 8.47. The third kappa shape index (κ3) is 1.40. The molecule has 2 rings (SSSR count). The first-order valence-electron chi connectivity index (χ1n) is 4.53. The standard InChI is InChI=1S/C10H9N3O3/c1-5-12-8-4-6(9(11)14)2-3-7(8)10(15)13(5)16/h2-4,16H,1H3,(H2,11,14). The van der Waals surface area contributed by atoms with E-state index in [4.69, 9.17) is 5.73 Å². The maximum Gasteiger partial charge on any atom is 0.293 e. The molecule has 0 aliphatic rings. The molecule has 3 N–H and O–H groups in total. The lowest BCUT2D eigenvalue weighted by Gasteiger charge is -2.04. The summed E-state index contributed by atoms with van der Waals surface area (Å²) in [5, 5.41) is 9.57. The van der Waals surface area contributed by atoms with E-state index in [1.165, 1.54) is 25.1 Å². The molecule has 0 bridgehead atoms. The quantitative estimate of drug-likeness (QED) is 0.661. The van der Waals surface area contributed by atoms with Crippen molar-refractivity contribution in [1.29, 1.82) is 0 Å². The van der Waals surface area contributed by atoms with Gasteiger partial charge in [0, 0.05) is 5.56 Å². The van der Waals surface area contributed by atoms with Crippen molar-refractivity contribution in [3.8, 4) is 0 Å². The predicted molar refractivity (Wildman–Crippen MR) is 56.4 cm³/mol. The second-order valence-electron chi connectivity index (χ2n) is 3.37. The second kappa shape index (κ2) is 3.34. The number of amides is 1. The van der Waals surface area contributed by atoms with Gasteiger partial charge in [-0.2, -0.15) is 0 Å². The number of rotatable bonds is 1. The molecule has 82 valence electrons. The molecule has 16 heavy (non-hydrogen) atoms. The topological polar surface area (TPSA) is 98.2 Å². The smallest absolute Gasteiger partial charge is 0.293 e. The molecule has 0 aliphatic carbocycles. The van der Waals surface area contributed by atoms with Crippen molar-refractivity contribution in [1.82, 2.24) is 9.71 Å². The van der Waals surface area contributed by atoms with Gasteiger partial charge in [0.2, 0.25) is 5.91 Å². The van der Waals surface area contributed by atoms with E-state index in [1.54, 1.807) is 0 Å². The summed E-state index contributed by atoms with van der Waals surface area (Å²) in [6, 6.07) is 4.26. The number of benzene rings is 1. The number of nitrogens with two attached hydrogens (primary N) is 1. The van der Waals surface area contributed by atoms with Crippen LogP contribution in [0.5, 0.6) is 0 Å². The summed E-state index contributed by atoms with van der Waals surface area (Å²) in [5.74, 6) is -0.436. The lowest BCUT2D eigenvalue weighted by atomic mass is 10.1. The number of aryl methyl sites for hydroxylation is 1. The second-order valence-corrected chi connectivity index (χ2v) is 3.37. The lowest BCUT2D eigenvalue weighted by Crippen LogP contribution is -2.22. The first kappa shape index (κ1) is 10.2. The maximum atomic E-state index is 11.6. The van der Waals surface area contributed by atoms with E-state index < -0.39 is 11.5 Å². The largest absolute Gasteiger partial charge is 0.424 e. The Bertz CT molecular complexity index is 646. The SMILES string of the molecule is Cc1nc2cc(C(N)=O)ccc2c(=O)n1O. The Labute approximate surface area is 89.9 Å². The fourth-order valence-corrected chi connectivity index (χ4v) is 1.44. The normalized spacial score (nSPS) is 10.6. The van der Waals surface area contributed by atoms with Crippen molar-refractivity contribution in [2.24, 2.45) is 5.73 Å². The number of nitrogens with zero attached hydrogens (tertiary/aromatic N) is 2. The average Bonchev–Trinajstić information content (AvgIpc) is 2.25. The van der Waals surface area contributed by atoms with Crippen LogP contribution in [-0.4, -0.2) is 20.8 Å². The van der Waals surface area contributed by atoms with E-state index in [0.717, 1.165) is 0 Å². The Balaban J connectivity index is 2.86. The lowest BCUT2D eigenvalue weighted by molar-refractivity contribution is 0.100. The minimum Gasteiger partial charge on any atom is -0.424 e. The molecule has 0 unspecified atom stereocenters. The van der Waals surface area contributed by atoms with E-state index in [0.29, 0.717) is 10.2 Å². The molecule has 1 aromatic heterocycles. The maximum absolute atomic E-state index is 11.6. The summed E-state index contributed by atoms with van der Waals surface area (Å²) >= 11 is 0. The number of fused-ring (bicyclic) bond motifs is 1. The average molecular weight is 219 g/mol. The van der Waals surface area contributed by atoms with Gasteiger partial charge in [-0.3, -0.25) is 9.59 Å². The third-order valence-corrected chi connectivity index (χ3v) is 2.29. The van der Waals surface area contributed by atoms with Crippen LogP contribution in [0, 0.1) is 6.92 Å². The molecule has 0 saturated heterocycles. The predicted octanol–water partition coefficient (Wildman–Crippen LogP) is 0.0411. The molecule has 0 atom stereocenters. The van der Waals surface area contributed by atoms with Gasteiger partial charge in [-0.15, -0.1) is 4.73 Å². The van der Waals surface area contributed by atoms with Crippen LogP contribution in [0.3, 0.4) is 0 Å². The highest BCUT2D eigenvalue weighted by molar-refractivity contribution is 5.96. The Morgan fingerprint density at radius 3 is 2.81 bits per heavy atom. The number of aromatic nitrogens is 2. The number of primary amides is 1. The van der Waals surface area contributed by atoms with Gasteiger partial charge in [-0.1, -0.05) is 0 Å². The first-order valence-corrected chi connectivity index (χ1v) is 4.53. The van der Waals surface area contributed by atoms with Crippen LogP contribution in [0.25, 0.3) is 10.9 Å². The molecule has 0 saturated carbocycles. The van der Waals surface area contributed by atoms with Gasteiger partial charge >= 0.3 is 0 Å². The van der Waals surface area contributed by atoms with Gasteiger partial charge in [0.1, 0.15) is 5.82 Å². The van der Waals surface area contributed by atoms with Gasteiger partial charge in [-0.05, 0) is 25.1 Å². The monoisotopic (exact) mass is 219 g/mol. The summed E-state index contributed by atoms with van der Waals surface area (Å²) in [7, 11) is 0. The molecule has 6 nitrogen and oxygen atoms in total. The summed E-state index contributed by atoms with van der Waals surface area (Å²) in [4.78, 5) is 26.5. The molecule has 2 aromatic rings. The number of hydrogen-bond acceptors (Lipinski definition) is 4. The molecule has 0 fully saturated rings. The van der Waals surface area contributed by atoms with Crippen molar-refractivity contribution < 1.29 is 10.0 Å². The van der Waals surface area contributed by atoms with E-state index in [9.17, 15) is 14.8 Å². The van der Waals surface area contributed by atoms with Gasteiger partial charge < -0.3 is 10.9 Å². The van der Waals surface area contributed by atoms with Crippen LogP contribution in [0.1, 0.15) is 16.2 Å². The number of hydrogen-bond donors (Lipinski definition) is 2. The highest BCUT2D eigenvalue weighted by atomic mass is 16.5. The van der Waals surface area contributed by atoms with Gasteiger partial charge in [0.25, 0.3) is 5.56 Å². The highest BCUT2D eigenvalue weighted by Crippen LogP contribution is 2.10. The van der Waals surface area contributed by atoms with Crippen LogP contribution in [-0.2, 0) is 0 Å². The Hall–Kier alpha value is -2.37. The van der Waals surface area contributed by atoms with Crippen molar-refractivity contribution in [2.45, 2.75) is 6.92 Å². The van der Waals surface area contributed by atoms with Crippen molar-refractivity contribution >= 4 is 16.8 Å². The third-order valence-electron chi connectivity index (χ3n) is 2.29. The number of carbonyl (C=O) groups is 1. The molecular weight excluding hydrogens is 210 g/mol. The minimum atomic E-state index is -0.588. The zero-order chi connectivity index (χ0) is 11.9. The highest BCUT2D eigenvalue weighted by Gasteiger charge is 2.09. The molecule has 0 aliphatic heterocycles. The summed E-state index contributed by atoms with van der Waals surface area (Å²) in [6.07, 6.45) is 0. The summed E-state index contributed by atoms with van der Waals surface area (Å²) in [5.41, 5.74) is 5.15. The van der Waals surface area contributed by atoms with Crippen LogP contribution in [0.4, 0.5) is 0 Å². The summed E-state index contributed by atoms with van der Waals surface area (Å²) < 4.78 is 0.465. The fraction of sp³-hybridized carbons (Fsp3) is 0.100. The van der Waals surface area contributed by atoms with E-state index >= 15 is 0 Å². The van der Waals surface area contributed by atoms with Crippen LogP contribution in [0.15, 0.2) is 23.0 Å². The minimum absolute atomic E-state index is 0.152. The Morgan fingerprint density at radius 2 is 2.19 bits per heavy atom. The van der Waals surface area contributed by atoms with Gasteiger partial charge in [-0.25, -0.2) is 4.98 Å². The Morgan fingerprint density at radius 1 is 1.50 bits per heavy atom. The van der Waals surface area contributed by atoms with Gasteiger partial charge in [0.05, 0.1) is 10.9 Å². The van der Waals surface area contributed by atoms with Crippen LogP contribution >= 0.6 is 0 Å². The van der Waals surface area contributed by atoms with Crippen LogP contribution in [0.2, 0.25) is 0 Å². The number of carbonyl (C=O) groups excluding carboxylic acids is 1. The van der Waals surface area contributed by atoms with Crippen molar-refractivity contribution in [3.63, 3.8) is 0 Å². The van der Waals surface area contributed by atoms with E-state index in [1.807, 2.05) is 0 Å². The molecule has 1 amide bonds. The van der Waals surface area contributed by atoms with Crippen molar-refractivity contribution in [2.75, 3.05) is 0 Å². The molecule has 6 heteroatoms. The van der Waals surface area contributed by atoms with Crippen molar-refractivity contribution in [3.05, 3.63) is 39.9 Å². The van der Waals surface area contributed by atoms with E-state index in [2.05, 4.69) is 4.98 Å². The molecule has 0 spiro atoms. The van der Waals surface area contributed by atoms with E-state index in [-0.39, 0.29) is 16.8 Å². The first-order chi connectivity index (χ1) is 7.50. The summed E-state index contributed by atoms with van der Waals surface area (Å²) in [6.45, 7) is 1.48. The fourth-order valence-electron chi connectivity index (χ4n) is 1.44. The molecular formula is C10H9N3O3. The van der Waals surface area contributed by atoms with Gasteiger partial charge in [0.15, 0.2) is 0 Å². The molecule has 1 heterocycles. The van der Waals surface area contributed by atoms with Crippen LogP contribution < -0.4 is 11.3 Å². The zero-order valence-corrected chi connectivity index (χ0v) is 8.47. The molecule has 0 radical (unpaired) electrons. The molecule has 1 aromatic carbocycles. The Kier molecular flexibility index (Phi) is 2.12.